The first kappa shape index (κ1) is 12.0. The number of hydrogen-bond acceptors (Lipinski definition) is 2. The Kier molecular flexibility index (Phi) is 4.85. The van der Waals surface area contributed by atoms with Crippen molar-refractivity contribution in [2.75, 3.05) is 6.61 Å². The summed E-state index contributed by atoms with van der Waals surface area (Å²) in [5.74, 6) is -0.0309. The number of rotatable bonds is 4. The molecule has 0 rings (SSSR count). The Bertz CT molecular complexity index is 173. The summed E-state index contributed by atoms with van der Waals surface area (Å²) in [7, 11) is -1.77. The van der Waals surface area contributed by atoms with Crippen LogP contribution < -0.4 is 0 Å². The Morgan fingerprint density at radius 3 is 2.17 bits per heavy atom. The fraction of sp³-hybridized carbons (Fsp3) is 0.714. The molecule has 72 valence electrons. The minimum absolute atomic E-state index is 0.0309. The van der Waals surface area contributed by atoms with E-state index in [9.17, 15) is 4.39 Å². The Hall–Kier alpha value is -0.0331. The largest absolute Gasteiger partial charge is 0.517 e. The molecule has 0 spiro atoms. The molecule has 0 atom stereocenters. The van der Waals surface area contributed by atoms with Crippen molar-refractivity contribution < 1.29 is 13.6 Å². The van der Waals surface area contributed by atoms with Gasteiger partial charge in [0, 0.05) is 0 Å². The molecular formula is C7H14BrFO2Si. The van der Waals surface area contributed by atoms with Gasteiger partial charge in [-0.25, -0.2) is 0 Å². The van der Waals surface area contributed by atoms with Crippen LogP contribution in [0.4, 0.5) is 4.39 Å². The van der Waals surface area contributed by atoms with Crippen LogP contribution in [0.25, 0.3) is 0 Å². The van der Waals surface area contributed by atoms with Gasteiger partial charge in [0.15, 0.2) is 0 Å². The lowest BCUT2D eigenvalue weighted by Crippen LogP contribution is -2.25. The Labute approximate surface area is 82.0 Å². The summed E-state index contributed by atoms with van der Waals surface area (Å²) in [5, 5.41) is 0. The van der Waals surface area contributed by atoms with E-state index >= 15 is 0 Å². The summed E-state index contributed by atoms with van der Waals surface area (Å²) in [6.07, 6.45) is 0. The lowest BCUT2D eigenvalue weighted by Gasteiger charge is -2.20. The predicted molar refractivity (Wildman–Crippen MR) is 53.1 cm³/mol. The normalized spacial score (nSPS) is 13.8. The Balaban J connectivity index is 4.26. The van der Waals surface area contributed by atoms with Gasteiger partial charge < -0.3 is 9.16 Å². The average molecular weight is 257 g/mol. The van der Waals surface area contributed by atoms with Gasteiger partial charge >= 0.3 is 5.95 Å². The predicted octanol–water partition coefficient (Wildman–Crippen LogP) is 3.37. The van der Waals surface area contributed by atoms with E-state index in [1.54, 1.807) is 6.92 Å². The monoisotopic (exact) mass is 256 g/mol. The van der Waals surface area contributed by atoms with Crippen molar-refractivity contribution in [1.82, 2.24) is 0 Å². The summed E-state index contributed by atoms with van der Waals surface area (Å²) < 4.78 is 22.3. The van der Waals surface area contributed by atoms with Gasteiger partial charge in [-0.2, -0.15) is 4.39 Å². The van der Waals surface area contributed by atoms with Crippen LogP contribution in [0, 0.1) is 0 Å². The first-order valence-corrected chi connectivity index (χ1v) is 7.94. The molecule has 0 aliphatic carbocycles. The molecule has 0 aliphatic rings. The van der Waals surface area contributed by atoms with Crippen LogP contribution in [0.15, 0.2) is 10.7 Å². The van der Waals surface area contributed by atoms with E-state index in [1.807, 2.05) is 19.6 Å². The van der Waals surface area contributed by atoms with Crippen LogP contribution in [0.5, 0.6) is 0 Å². The zero-order chi connectivity index (χ0) is 9.78. The molecule has 12 heavy (non-hydrogen) atoms. The van der Waals surface area contributed by atoms with E-state index in [4.69, 9.17) is 9.16 Å². The minimum Gasteiger partial charge on any atom is -0.517 e. The smallest absolute Gasteiger partial charge is 0.310 e. The summed E-state index contributed by atoms with van der Waals surface area (Å²) in [6, 6.07) is 0. The molecule has 0 radical (unpaired) electrons. The van der Waals surface area contributed by atoms with Gasteiger partial charge in [-0.1, -0.05) is 0 Å². The lowest BCUT2D eigenvalue weighted by atomic mass is 10.8. The molecule has 0 saturated heterocycles. The fourth-order valence-corrected chi connectivity index (χ4v) is 1.58. The van der Waals surface area contributed by atoms with Crippen LogP contribution in [-0.4, -0.2) is 14.9 Å². The Morgan fingerprint density at radius 2 is 1.92 bits per heavy atom. The second-order valence-electron chi connectivity index (χ2n) is 3.20. The van der Waals surface area contributed by atoms with Crippen LogP contribution in [-0.2, 0) is 9.16 Å². The van der Waals surface area contributed by atoms with Gasteiger partial charge in [0.25, 0.3) is 0 Å². The van der Waals surface area contributed by atoms with Crippen molar-refractivity contribution in [3.05, 3.63) is 10.7 Å². The van der Waals surface area contributed by atoms with E-state index in [0.29, 0.717) is 6.61 Å². The lowest BCUT2D eigenvalue weighted by molar-refractivity contribution is 0.105. The van der Waals surface area contributed by atoms with Gasteiger partial charge in [0.05, 0.1) is 6.61 Å². The van der Waals surface area contributed by atoms with E-state index in [0.717, 1.165) is 0 Å². The van der Waals surface area contributed by atoms with Crippen LogP contribution in [0.1, 0.15) is 6.92 Å². The highest BCUT2D eigenvalue weighted by atomic mass is 79.9. The molecule has 2 nitrogen and oxygen atoms in total. The quantitative estimate of drug-likeness (QED) is 0.568. The molecule has 0 unspecified atom stereocenters. The van der Waals surface area contributed by atoms with Crippen molar-refractivity contribution in [3.8, 4) is 0 Å². The summed E-state index contributed by atoms with van der Waals surface area (Å²) in [5.41, 5.74) is 0. The van der Waals surface area contributed by atoms with Crippen molar-refractivity contribution >= 4 is 24.2 Å². The van der Waals surface area contributed by atoms with Crippen LogP contribution in [0.2, 0.25) is 19.6 Å². The third-order valence-corrected chi connectivity index (χ3v) is 1.95. The maximum atomic E-state index is 12.7. The highest BCUT2D eigenvalue weighted by Crippen LogP contribution is 2.20. The van der Waals surface area contributed by atoms with Gasteiger partial charge in [-0.3, -0.25) is 0 Å². The molecule has 0 aromatic rings. The second-order valence-corrected chi connectivity index (χ2v) is 8.32. The van der Waals surface area contributed by atoms with Crippen molar-refractivity contribution in [1.29, 1.82) is 0 Å². The van der Waals surface area contributed by atoms with Crippen molar-refractivity contribution in [3.63, 3.8) is 0 Å². The van der Waals surface area contributed by atoms with E-state index in [2.05, 4.69) is 15.9 Å². The Morgan fingerprint density at radius 1 is 1.42 bits per heavy atom. The fourth-order valence-electron chi connectivity index (χ4n) is 0.532. The molecule has 0 aromatic heterocycles. The molecule has 5 heteroatoms. The number of hydrogen-bond donors (Lipinski definition) is 0. The van der Waals surface area contributed by atoms with Crippen LogP contribution >= 0.6 is 15.9 Å². The zero-order valence-corrected chi connectivity index (χ0v) is 10.4. The highest BCUT2D eigenvalue weighted by Gasteiger charge is 2.20. The number of ether oxygens (including phenoxy) is 1. The summed E-state index contributed by atoms with van der Waals surface area (Å²) in [4.78, 5) is 0. The van der Waals surface area contributed by atoms with E-state index in [1.165, 1.54) is 0 Å². The molecule has 0 N–H and O–H groups in total. The van der Waals surface area contributed by atoms with Crippen molar-refractivity contribution in [2.24, 2.45) is 0 Å². The molecule has 0 aliphatic heterocycles. The maximum absolute atomic E-state index is 12.7. The van der Waals surface area contributed by atoms with E-state index in [-0.39, 0.29) is 5.95 Å². The SMILES string of the molecule is CCO/C(O[Si](C)(C)C)=C(\F)Br. The minimum atomic E-state index is -1.77. The standard InChI is InChI=1S/C7H14BrFO2Si/c1-5-10-7(6(8)9)11-12(2,3)4/h5H2,1-4H3/b7-6+. The highest BCUT2D eigenvalue weighted by molar-refractivity contribution is 9.11. The van der Waals surface area contributed by atoms with Gasteiger partial charge in [-0.05, 0) is 42.5 Å². The molecule has 0 aromatic carbocycles. The summed E-state index contributed by atoms with van der Waals surface area (Å²) in [6.45, 7) is 8.06. The topological polar surface area (TPSA) is 18.5 Å². The molecule has 0 fully saturated rings. The van der Waals surface area contributed by atoms with Gasteiger partial charge in [0.2, 0.25) is 13.1 Å². The van der Waals surface area contributed by atoms with Gasteiger partial charge in [0.1, 0.15) is 0 Å². The molecule has 0 bridgehead atoms. The molecular weight excluding hydrogens is 243 g/mol. The molecule has 0 saturated carbocycles. The second kappa shape index (κ2) is 4.86. The third kappa shape index (κ3) is 5.60. The van der Waals surface area contributed by atoms with Crippen molar-refractivity contribution in [2.45, 2.75) is 26.6 Å². The van der Waals surface area contributed by atoms with Gasteiger partial charge in [-0.15, -0.1) is 0 Å². The van der Waals surface area contributed by atoms with E-state index < -0.39 is 13.1 Å². The third-order valence-electron chi connectivity index (χ3n) is 0.829. The maximum Gasteiger partial charge on any atom is 0.310 e. The number of halogens is 2. The average Bonchev–Trinajstić information content (AvgIpc) is 1.83. The summed E-state index contributed by atoms with van der Waals surface area (Å²) >= 11 is 2.68. The first-order chi connectivity index (χ1) is 5.37. The molecule has 0 heterocycles. The van der Waals surface area contributed by atoms with Crippen LogP contribution in [0.3, 0.4) is 0 Å². The molecule has 0 amide bonds. The zero-order valence-electron chi connectivity index (χ0n) is 7.78. The first-order valence-electron chi connectivity index (χ1n) is 3.74.